The summed E-state index contributed by atoms with van der Waals surface area (Å²) in [6, 6.07) is 0. The molecule has 1 aliphatic heterocycles. The van der Waals surface area contributed by atoms with Crippen molar-refractivity contribution < 1.29 is 4.79 Å². The number of aryl methyl sites for hydroxylation is 1. The average molecular weight is 237 g/mol. The summed E-state index contributed by atoms with van der Waals surface area (Å²) in [6.07, 6.45) is 3.40. The van der Waals surface area contributed by atoms with E-state index in [4.69, 9.17) is 0 Å². The number of aromatic nitrogens is 3. The van der Waals surface area contributed by atoms with Crippen LogP contribution in [0.4, 0.5) is 0 Å². The smallest absolute Gasteiger partial charge is 0.233 e. The molecule has 6 nitrogen and oxygen atoms in total. The molecule has 2 N–H and O–H groups in total. The Balaban J connectivity index is 1.83. The van der Waals surface area contributed by atoms with Gasteiger partial charge in [-0.3, -0.25) is 4.79 Å². The summed E-state index contributed by atoms with van der Waals surface area (Å²) >= 11 is 0. The SMILES string of the molecule is CCNC(=O)CNCc1nnc2n1CCCC2. The number of rotatable bonds is 5. The van der Waals surface area contributed by atoms with E-state index in [9.17, 15) is 4.79 Å². The molecule has 0 aliphatic carbocycles. The van der Waals surface area contributed by atoms with Crippen molar-refractivity contribution in [1.82, 2.24) is 25.4 Å². The van der Waals surface area contributed by atoms with E-state index in [1.54, 1.807) is 0 Å². The van der Waals surface area contributed by atoms with Crippen molar-refractivity contribution in [1.29, 1.82) is 0 Å². The maximum Gasteiger partial charge on any atom is 0.233 e. The van der Waals surface area contributed by atoms with Crippen LogP contribution < -0.4 is 10.6 Å². The fraction of sp³-hybridized carbons (Fsp3) is 0.727. The predicted molar refractivity (Wildman–Crippen MR) is 63.4 cm³/mol. The molecule has 0 radical (unpaired) electrons. The second-order valence-electron chi connectivity index (χ2n) is 4.20. The Morgan fingerprint density at radius 1 is 1.41 bits per heavy atom. The number of amides is 1. The number of hydrogen-bond acceptors (Lipinski definition) is 4. The van der Waals surface area contributed by atoms with Crippen molar-refractivity contribution in [3.05, 3.63) is 11.6 Å². The molecule has 0 saturated carbocycles. The van der Waals surface area contributed by atoms with E-state index in [-0.39, 0.29) is 5.91 Å². The minimum Gasteiger partial charge on any atom is -0.355 e. The lowest BCUT2D eigenvalue weighted by molar-refractivity contribution is -0.120. The predicted octanol–water partition coefficient (Wildman–Crippen LogP) is -0.160. The van der Waals surface area contributed by atoms with Gasteiger partial charge in [-0.2, -0.15) is 0 Å². The van der Waals surface area contributed by atoms with Crippen molar-refractivity contribution in [2.45, 2.75) is 39.3 Å². The van der Waals surface area contributed by atoms with Crippen LogP contribution in [0.1, 0.15) is 31.4 Å². The van der Waals surface area contributed by atoms with Gasteiger partial charge in [-0.1, -0.05) is 0 Å². The first-order chi connectivity index (χ1) is 8.31. The lowest BCUT2D eigenvalue weighted by Gasteiger charge is -2.14. The standard InChI is InChI=1S/C11H19N5O/c1-2-13-11(17)8-12-7-10-15-14-9-5-3-4-6-16(9)10/h12H,2-8H2,1H3,(H,13,17). The van der Waals surface area contributed by atoms with E-state index >= 15 is 0 Å². The minimum absolute atomic E-state index is 0.0193. The molecule has 0 unspecified atom stereocenters. The van der Waals surface area contributed by atoms with Crippen molar-refractivity contribution in [3.63, 3.8) is 0 Å². The molecule has 2 rings (SSSR count). The van der Waals surface area contributed by atoms with Gasteiger partial charge in [0.2, 0.25) is 5.91 Å². The number of hydrogen-bond donors (Lipinski definition) is 2. The molecular weight excluding hydrogens is 218 g/mol. The topological polar surface area (TPSA) is 71.8 Å². The van der Waals surface area contributed by atoms with Gasteiger partial charge in [0.25, 0.3) is 0 Å². The van der Waals surface area contributed by atoms with Crippen LogP contribution in [0.3, 0.4) is 0 Å². The van der Waals surface area contributed by atoms with Crippen LogP contribution in [0.2, 0.25) is 0 Å². The molecule has 1 aromatic rings. The molecule has 0 aromatic carbocycles. The van der Waals surface area contributed by atoms with Crippen LogP contribution in [0, 0.1) is 0 Å². The molecule has 1 amide bonds. The van der Waals surface area contributed by atoms with Crippen molar-refractivity contribution in [2.75, 3.05) is 13.1 Å². The third-order valence-electron chi connectivity index (χ3n) is 2.88. The van der Waals surface area contributed by atoms with Gasteiger partial charge < -0.3 is 15.2 Å². The van der Waals surface area contributed by atoms with Gasteiger partial charge in [0.1, 0.15) is 11.6 Å². The van der Waals surface area contributed by atoms with Crippen LogP contribution in [0.25, 0.3) is 0 Å². The Morgan fingerprint density at radius 2 is 2.29 bits per heavy atom. The fourth-order valence-corrected chi connectivity index (χ4v) is 2.05. The van der Waals surface area contributed by atoms with E-state index in [1.165, 1.54) is 12.8 Å². The average Bonchev–Trinajstić information content (AvgIpc) is 2.73. The summed E-state index contributed by atoms with van der Waals surface area (Å²) in [5.74, 6) is 2.03. The number of nitrogens with zero attached hydrogens (tertiary/aromatic N) is 3. The quantitative estimate of drug-likeness (QED) is 0.746. The molecule has 6 heteroatoms. The summed E-state index contributed by atoms with van der Waals surface area (Å²) < 4.78 is 2.16. The highest BCUT2D eigenvalue weighted by Crippen LogP contribution is 2.13. The summed E-state index contributed by atoms with van der Waals surface area (Å²) in [5.41, 5.74) is 0. The van der Waals surface area contributed by atoms with Crippen LogP contribution in [0.15, 0.2) is 0 Å². The summed E-state index contributed by atoms with van der Waals surface area (Å²) in [5, 5.41) is 14.2. The van der Waals surface area contributed by atoms with E-state index in [1.807, 2.05) is 6.92 Å². The fourth-order valence-electron chi connectivity index (χ4n) is 2.05. The Labute approximate surface area is 101 Å². The molecule has 1 aromatic heterocycles. The molecule has 0 spiro atoms. The van der Waals surface area contributed by atoms with Gasteiger partial charge in [-0.25, -0.2) is 0 Å². The van der Waals surface area contributed by atoms with Crippen LogP contribution >= 0.6 is 0 Å². The van der Waals surface area contributed by atoms with Gasteiger partial charge in [0.15, 0.2) is 0 Å². The van der Waals surface area contributed by atoms with Crippen molar-refractivity contribution in [3.8, 4) is 0 Å². The normalized spacial score (nSPS) is 14.4. The largest absolute Gasteiger partial charge is 0.355 e. The van der Waals surface area contributed by atoms with Gasteiger partial charge in [0.05, 0.1) is 13.1 Å². The monoisotopic (exact) mass is 237 g/mol. The second kappa shape index (κ2) is 5.77. The van der Waals surface area contributed by atoms with Crippen molar-refractivity contribution in [2.24, 2.45) is 0 Å². The van der Waals surface area contributed by atoms with E-state index in [0.29, 0.717) is 19.6 Å². The zero-order valence-electron chi connectivity index (χ0n) is 10.2. The third-order valence-corrected chi connectivity index (χ3v) is 2.88. The number of carbonyl (C=O) groups excluding carboxylic acids is 1. The second-order valence-corrected chi connectivity index (χ2v) is 4.20. The summed E-state index contributed by atoms with van der Waals surface area (Å²) in [4.78, 5) is 11.2. The van der Waals surface area contributed by atoms with Gasteiger partial charge in [0, 0.05) is 19.5 Å². The first-order valence-corrected chi connectivity index (χ1v) is 6.19. The van der Waals surface area contributed by atoms with Gasteiger partial charge >= 0.3 is 0 Å². The van der Waals surface area contributed by atoms with Crippen molar-refractivity contribution >= 4 is 5.91 Å². The highest BCUT2D eigenvalue weighted by molar-refractivity contribution is 5.77. The molecule has 94 valence electrons. The zero-order chi connectivity index (χ0) is 12.1. The lowest BCUT2D eigenvalue weighted by atomic mass is 10.2. The number of nitrogens with one attached hydrogen (secondary N) is 2. The summed E-state index contributed by atoms with van der Waals surface area (Å²) in [7, 11) is 0. The number of carbonyl (C=O) groups is 1. The molecule has 0 saturated heterocycles. The Hall–Kier alpha value is -1.43. The molecule has 1 aliphatic rings. The first-order valence-electron chi connectivity index (χ1n) is 6.19. The lowest BCUT2D eigenvalue weighted by Crippen LogP contribution is -2.34. The van der Waals surface area contributed by atoms with E-state index < -0.39 is 0 Å². The maximum atomic E-state index is 11.2. The molecule has 17 heavy (non-hydrogen) atoms. The Morgan fingerprint density at radius 3 is 3.12 bits per heavy atom. The van der Waals surface area contributed by atoms with Gasteiger partial charge in [-0.15, -0.1) is 10.2 Å². The number of likely N-dealkylation sites (N-methyl/N-ethyl adjacent to an activating group) is 1. The van der Waals surface area contributed by atoms with Crippen LogP contribution in [-0.4, -0.2) is 33.8 Å². The van der Waals surface area contributed by atoms with Crippen LogP contribution in [-0.2, 0) is 24.3 Å². The zero-order valence-corrected chi connectivity index (χ0v) is 10.2. The van der Waals surface area contributed by atoms with E-state index in [2.05, 4.69) is 25.4 Å². The molecule has 0 atom stereocenters. The summed E-state index contributed by atoms with van der Waals surface area (Å²) in [6.45, 7) is 4.51. The highest BCUT2D eigenvalue weighted by Gasteiger charge is 2.15. The molecular formula is C11H19N5O. The molecule has 2 heterocycles. The molecule has 0 fully saturated rings. The highest BCUT2D eigenvalue weighted by atomic mass is 16.1. The first kappa shape index (κ1) is 12.0. The Kier molecular flexibility index (Phi) is 4.08. The molecule has 0 bridgehead atoms. The number of fused-ring (bicyclic) bond motifs is 1. The van der Waals surface area contributed by atoms with Crippen LogP contribution in [0.5, 0.6) is 0 Å². The minimum atomic E-state index is 0.0193. The Bertz CT molecular complexity index is 387. The third kappa shape index (κ3) is 3.03. The maximum absolute atomic E-state index is 11.2. The van der Waals surface area contributed by atoms with E-state index in [0.717, 1.165) is 24.6 Å². The van der Waals surface area contributed by atoms with Gasteiger partial charge in [-0.05, 0) is 19.8 Å².